The molecule has 2 aromatic carbocycles. The van der Waals surface area contributed by atoms with Crippen molar-refractivity contribution in [2.75, 3.05) is 19.5 Å². The molecule has 0 saturated heterocycles. The van der Waals surface area contributed by atoms with Gasteiger partial charge in [0.2, 0.25) is 5.91 Å². The molecule has 1 heterocycles. The van der Waals surface area contributed by atoms with E-state index in [9.17, 15) is 4.79 Å². The third-order valence-corrected chi connectivity index (χ3v) is 4.80. The van der Waals surface area contributed by atoms with Gasteiger partial charge in [-0.3, -0.25) is 4.79 Å². The zero-order valence-corrected chi connectivity index (χ0v) is 15.7. The van der Waals surface area contributed by atoms with Gasteiger partial charge in [-0.1, -0.05) is 24.3 Å². The standard InChI is InChI=1S/C20H20N2O3S/c1-13-6-4-5-7-14(13)11-19(23)22-20-21-16(12-26-20)15-8-9-17(24-2)18(10-15)25-3/h4-10,12H,11H2,1-3H3,(H,21,22,23). The summed E-state index contributed by atoms with van der Waals surface area (Å²) in [5.41, 5.74) is 3.80. The minimum atomic E-state index is -0.0764. The average Bonchev–Trinajstić information content (AvgIpc) is 3.11. The maximum Gasteiger partial charge on any atom is 0.230 e. The molecule has 0 radical (unpaired) electrons. The summed E-state index contributed by atoms with van der Waals surface area (Å²) < 4.78 is 10.6. The number of nitrogens with zero attached hydrogens (tertiary/aromatic N) is 1. The number of carbonyl (C=O) groups excluding carboxylic acids is 1. The van der Waals surface area contributed by atoms with Crippen LogP contribution in [0.3, 0.4) is 0 Å². The first-order chi connectivity index (χ1) is 12.6. The van der Waals surface area contributed by atoms with E-state index in [1.165, 1.54) is 11.3 Å². The molecule has 0 atom stereocenters. The monoisotopic (exact) mass is 368 g/mol. The van der Waals surface area contributed by atoms with E-state index in [0.717, 1.165) is 22.4 Å². The van der Waals surface area contributed by atoms with E-state index in [2.05, 4.69) is 10.3 Å². The van der Waals surface area contributed by atoms with Crippen molar-refractivity contribution >= 4 is 22.4 Å². The van der Waals surface area contributed by atoms with Gasteiger partial charge in [0.25, 0.3) is 0 Å². The number of rotatable bonds is 6. The minimum Gasteiger partial charge on any atom is -0.493 e. The molecular formula is C20H20N2O3S. The SMILES string of the molecule is COc1ccc(-c2csc(NC(=O)Cc3ccccc3C)n2)cc1OC. The largest absolute Gasteiger partial charge is 0.493 e. The second-order valence-corrected chi connectivity index (χ2v) is 6.62. The molecule has 0 aliphatic rings. The predicted molar refractivity (Wildman–Crippen MR) is 104 cm³/mol. The lowest BCUT2D eigenvalue weighted by Gasteiger charge is -2.08. The second-order valence-electron chi connectivity index (χ2n) is 5.76. The quantitative estimate of drug-likeness (QED) is 0.704. The van der Waals surface area contributed by atoms with E-state index in [-0.39, 0.29) is 5.91 Å². The summed E-state index contributed by atoms with van der Waals surface area (Å²) in [6.45, 7) is 2.00. The summed E-state index contributed by atoms with van der Waals surface area (Å²) in [6, 6.07) is 13.5. The van der Waals surface area contributed by atoms with Gasteiger partial charge in [-0.05, 0) is 36.2 Å². The summed E-state index contributed by atoms with van der Waals surface area (Å²) in [5, 5.41) is 5.36. The van der Waals surface area contributed by atoms with Gasteiger partial charge >= 0.3 is 0 Å². The van der Waals surface area contributed by atoms with Crippen molar-refractivity contribution in [3.63, 3.8) is 0 Å². The highest BCUT2D eigenvalue weighted by Gasteiger charge is 2.12. The van der Waals surface area contributed by atoms with Crippen molar-refractivity contribution in [1.29, 1.82) is 0 Å². The third kappa shape index (κ3) is 4.03. The average molecular weight is 368 g/mol. The molecule has 5 nitrogen and oxygen atoms in total. The molecule has 0 unspecified atom stereocenters. The van der Waals surface area contributed by atoms with Crippen molar-refractivity contribution in [2.24, 2.45) is 0 Å². The summed E-state index contributed by atoms with van der Waals surface area (Å²) in [4.78, 5) is 16.8. The number of carbonyl (C=O) groups is 1. The van der Waals surface area contributed by atoms with Crippen molar-refractivity contribution < 1.29 is 14.3 Å². The maximum absolute atomic E-state index is 12.3. The van der Waals surface area contributed by atoms with Crippen molar-refractivity contribution in [2.45, 2.75) is 13.3 Å². The molecule has 1 N–H and O–H groups in total. The lowest BCUT2D eigenvalue weighted by Crippen LogP contribution is -2.14. The van der Waals surface area contributed by atoms with Gasteiger partial charge in [0.05, 0.1) is 26.3 Å². The lowest BCUT2D eigenvalue weighted by atomic mass is 10.1. The Hall–Kier alpha value is -2.86. The Bertz CT molecular complexity index is 921. The number of anilines is 1. The van der Waals surface area contributed by atoms with Crippen LogP contribution in [0, 0.1) is 6.92 Å². The molecule has 134 valence electrons. The van der Waals surface area contributed by atoms with Gasteiger partial charge in [0, 0.05) is 10.9 Å². The fourth-order valence-electron chi connectivity index (χ4n) is 2.60. The first-order valence-electron chi connectivity index (χ1n) is 8.13. The highest BCUT2D eigenvalue weighted by molar-refractivity contribution is 7.14. The Kier molecular flexibility index (Phi) is 5.53. The fourth-order valence-corrected chi connectivity index (χ4v) is 3.34. The van der Waals surface area contributed by atoms with Crippen LogP contribution >= 0.6 is 11.3 Å². The van der Waals surface area contributed by atoms with E-state index in [1.807, 2.05) is 54.8 Å². The number of benzene rings is 2. The van der Waals surface area contributed by atoms with Gasteiger partial charge in [0.15, 0.2) is 16.6 Å². The van der Waals surface area contributed by atoms with E-state index in [0.29, 0.717) is 23.1 Å². The zero-order valence-electron chi connectivity index (χ0n) is 14.9. The van der Waals surface area contributed by atoms with Gasteiger partial charge < -0.3 is 14.8 Å². The van der Waals surface area contributed by atoms with Crippen molar-refractivity contribution in [1.82, 2.24) is 4.98 Å². The molecular weight excluding hydrogens is 348 g/mol. The summed E-state index contributed by atoms with van der Waals surface area (Å²) in [5.74, 6) is 1.23. The number of ether oxygens (including phenoxy) is 2. The van der Waals surface area contributed by atoms with Crippen LogP contribution in [-0.2, 0) is 11.2 Å². The van der Waals surface area contributed by atoms with E-state index in [4.69, 9.17) is 9.47 Å². The zero-order chi connectivity index (χ0) is 18.5. The van der Waals surface area contributed by atoms with E-state index in [1.54, 1.807) is 14.2 Å². The van der Waals surface area contributed by atoms with Crippen LogP contribution in [-0.4, -0.2) is 25.1 Å². The van der Waals surface area contributed by atoms with Crippen molar-refractivity contribution in [3.8, 4) is 22.8 Å². The molecule has 3 aromatic rings. The van der Waals surface area contributed by atoms with Crippen LogP contribution in [0.15, 0.2) is 47.8 Å². The van der Waals surface area contributed by atoms with Gasteiger partial charge in [-0.2, -0.15) is 0 Å². The minimum absolute atomic E-state index is 0.0764. The van der Waals surface area contributed by atoms with Crippen LogP contribution in [0.25, 0.3) is 11.3 Å². The summed E-state index contributed by atoms with van der Waals surface area (Å²) in [7, 11) is 3.20. The molecule has 0 spiro atoms. The number of hydrogen-bond donors (Lipinski definition) is 1. The van der Waals surface area contributed by atoms with Crippen LogP contribution in [0.2, 0.25) is 0 Å². The number of hydrogen-bond acceptors (Lipinski definition) is 5. The van der Waals surface area contributed by atoms with Crippen LogP contribution in [0.4, 0.5) is 5.13 Å². The second kappa shape index (κ2) is 8.01. The number of aryl methyl sites for hydroxylation is 1. The van der Waals surface area contributed by atoms with Crippen molar-refractivity contribution in [3.05, 3.63) is 59.0 Å². The number of amides is 1. The molecule has 3 rings (SSSR count). The Morgan fingerprint density at radius 1 is 1.12 bits per heavy atom. The molecule has 0 bridgehead atoms. The molecule has 1 aromatic heterocycles. The Morgan fingerprint density at radius 2 is 1.88 bits per heavy atom. The van der Waals surface area contributed by atoms with Crippen LogP contribution < -0.4 is 14.8 Å². The molecule has 0 aliphatic carbocycles. The summed E-state index contributed by atoms with van der Waals surface area (Å²) >= 11 is 1.40. The number of nitrogens with one attached hydrogen (secondary N) is 1. The highest BCUT2D eigenvalue weighted by atomic mass is 32.1. The van der Waals surface area contributed by atoms with E-state index >= 15 is 0 Å². The summed E-state index contributed by atoms with van der Waals surface area (Å²) in [6.07, 6.45) is 0.331. The number of thiazole rings is 1. The fraction of sp³-hybridized carbons (Fsp3) is 0.200. The van der Waals surface area contributed by atoms with Crippen LogP contribution in [0.5, 0.6) is 11.5 Å². The maximum atomic E-state index is 12.3. The van der Waals surface area contributed by atoms with Crippen LogP contribution in [0.1, 0.15) is 11.1 Å². The molecule has 0 aliphatic heterocycles. The lowest BCUT2D eigenvalue weighted by molar-refractivity contribution is -0.115. The third-order valence-electron chi connectivity index (χ3n) is 4.04. The number of aromatic nitrogens is 1. The Morgan fingerprint density at radius 3 is 2.62 bits per heavy atom. The normalized spacial score (nSPS) is 10.4. The first-order valence-corrected chi connectivity index (χ1v) is 9.01. The predicted octanol–water partition coefficient (Wildman–Crippen LogP) is 4.32. The van der Waals surface area contributed by atoms with Gasteiger partial charge in [-0.25, -0.2) is 4.98 Å². The first kappa shape index (κ1) is 17.9. The highest BCUT2D eigenvalue weighted by Crippen LogP contribution is 2.33. The Balaban J connectivity index is 1.72. The van der Waals surface area contributed by atoms with E-state index < -0.39 is 0 Å². The molecule has 0 fully saturated rings. The Labute approximate surface area is 156 Å². The smallest absolute Gasteiger partial charge is 0.230 e. The molecule has 6 heteroatoms. The number of methoxy groups -OCH3 is 2. The van der Waals surface area contributed by atoms with Gasteiger partial charge in [0.1, 0.15) is 0 Å². The molecule has 1 amide bonds. The molecule has 0 saturated carbocycles. The molecule has 26 heavy (non-hydrogen) atoms. The van der Waals surface area contributed by atoms with Gasteiger partial charge in [-0.15, -0.1) is 11.3 Å². The topological polar surface area (TPSA) is 60.5 Å².